The monoisotopic (exact) mass is 300 g/mol. The molecule has 0 aliphatic carbocycles. The molecule has 0 bridgehead atoms. The fraction of sp³-hybridized carbons (Fsp3) is 0.867. The molecule has 0 aromatic heterocycles. The van der Waals surface area contributed by atoms with Crippen LogP contribution in [0.3, 0.4) is 0 Å². The molecule has 1 aliphatic heterocycles. The number of hydrogen-bond donors (Lipinski definition) is 1. The molecule has 1 heterocycles. The Bertz CT molecular complexity index is 335. The Balaban J connectivity index is 2.92. The summed E-state index contributed by atoms with van der Waals surface area (Å²) in [4.78, 5) is 15.2. The number of carbonyl (C=O) groups is 1. The molecule has 116 valence electrons. The predicted molar refractivity (Wildman–Crippen MR) is 85.6 cm³/mol. The molecule has 0 aromatic rings. The number of hydrogen-bond acceptors (Lipinski definition) is 3. The van der Waals surface area contributed by atoms with Crippen LogP contribution in [0.2, 0.25) is 0 Å². The SMILES string of the molecule is CCCC(CCC)(C(=O)N(C)C1CCOCC1)C(N)=S. The highest BCUT2D eigenvalue weighted by atomic mass is 32.1. The summed E-state index contributed by atoms with van der Waals surface area (Å²) < 4.78 is 5.37. The van der Waals surface area contributed by atoms with Crippen molar-refractivity contribution in [2.24, 2.45) is 11.1 Å². The highest BCUT2D eigenvalue weighted by Gasteiger charge is 2.43. The molecule has 0 saturated carbocycles. The number of nitrogens with zero attached hydrogens (tertiary/aromatic N) is 1. The van der Waals surface area contributed by atoms with Gasteiger partial charge < -0.3 is 15.4 Å². The lowest BCUT2D eigenvalue weighted by Crippen LogP contribution is -2.53. The van der Waals surface area contributed by atoms with Gasteiger partial charge in [0, 0.05) is 26.3 Å². The van der Waals surface area contributed by atoms with Crippen molar-refractivity contribution < 1.29 is 9.53 Å². The fourth-order valence-corrected chi connectivity index (χ4v) is 3.41. The molecule has 0 spiro atoms. The van der Waals surface area contributed by atoms with Crippen molar-refractivity contribution in [1.82, 2.24) is 4.90 Å². The summed E-state index contributed by atoms with van der Waals surface area (Å²) >= 11 is 5.26. The van der Waals surface area contributed by atoms with Crippen molar-refractivity contribution in [3.05, 3.63) is 0 Å². The van der Waals surface area contributed by atoms with Gasteiger partial charge in [0.1, 0.15) is 0 Å². The van der Waals surface area contributed by atoms with Gasteiger partial charge in [0.25, 0.3) is 0 Å². The minimum atomic E-state index is -0.661. The number of carbonyl (C=O) groups excluding carboxylic acids is 1. The molecule has 1 rings (SSSR count). The normalized spacial score (nSPS) is 16.9. The maximum atomic E-state index is 13.0. The summed E-state index contributed by atoms with van der Waals surface area (Å²) in [5.41, 5.74) is 5.31. The molecule has 1 saturated heterocycles. The van der Waals surface area contributed by atoms with Crippen LogP contribution in [0.15, 0.2) is 0 Å². The lowest BCUT2D eigenvalue weighted by molar-refractivity contribution is -0.141. The first kappa shape index (κ1) is 17.4. The first-order valence-corrected chi connectivity index (χ1v) is 8.05. The van der Waals surface area contributed by atoms with Gasteiger partial charge >= 0.3 is 0 Å². The smallest absolute Gasteiger partial charge is 0.235 e. The van der Waals surface area contributed by atoms with E-state index in [1.165, 1.54) is 0 Å². The minimum Gasteiger partial charge on any atom is -0.392 e. The van der Waals surface area contributed by atoms with Gasteiger partial charge in [-0.15, -0.1) is 0 Å². The van der Waals surface area contributed by atoms with Gasteiger partial charge in [0.15, 0.2) is 0 Å². The van der Waals surface area contributed by atoms with Gasteiger partial charge in [-0.1, -0.05) is 38.9 Å². The largest absolute Gasteiger partial charge is 0.392 e. The number of rotatable bonds is 7. The molecule has 0 radical (unpaired) electrons. The second-order valence-corrected chi connectivity index (χ2v) is 6.15. The Labute approximate surface area is 128 Å². The van der Waals surface area contributed by atoms with Gasteiger partial charge in [0.2, 0.25) is 5.91 Å². The standard InChI is InChI=1S/C15H28N2O2S/c1-4-8-15(9-5-2,13(16)20)14(18)17(3)12-6-10-19-11-7-12/h12H,4-11H2,1-3H3,(H2,16,20). The Morgan fingerprint density at radius 1 is 1.30 bits per heavy atom. The molecule has 5 heteroatoms. The summed E-state index contributed by atoms with van der Waals surface area (Å²) in [7, 11) is 1.89. The summed E-state index contributed by atoms with van der Waals surface area (Å²) in [5.74, 6) is 0.0978. The van der Waals surface area contributed by atoms with E-state index < -0.39 is 5.41 Å². The molecular weight excluding hydrogens is 272 g/mol. The summed E-state index contributed by atoms with van der Waals surface area (Å²) in [6, 6.07) is 0.249. The summed E-state index contributed by atoms with van der Waals surface area (Å²) in [6.07, 6.45) is 5.09. The quantitative estimate of drug-likeness (QED) is 0.734. The first-order chi connectivity index (χ1) is 9.49. The molecule has 20 heavy (non-hydrogen) atoms. The average Bonchev–Trinajstić information content (AvgIpc) is 2.46. The fourth-order valence-electron chi connectivity index (χ4n) is 3.12. The van der Waals surface area contributed by atoms with Crippen LogP contribution in [-0.2, 0) is 9.53 Å². The topological polar surface area (TPSA) is 55.6 Å². The van der Waals surface area contributed by atoms with E-state index >= 15 is 0 Å². The minimum absolute atomic E-state index is 0.0978. The number of ether oxygens (including phenoxy) is 1. The van der Waals surface area contributed by atoms with Crippen molar-refractivity contribution in [3.8, 4) is 0 Å². The molecule has 0 unspecified atom stereocenters. The van der Waals surface area contributed by atoms with E-state index in [4.69, 9.17) is 22.7 Å². The highest BCUT2D eigenvalue weighted by molar-refractivity contribution is 7.80. The lowest BCUT2D eigenvalue weighted by atomic mass is 9.77. The van der Waals surface area contributed by atoms with Gasteiger partial charge in [-0.3, -0.25) is 4.79 Å². The van der Waals surface area contributed by atoms with E-state index in [0.29, 0.717) is 4.99 Å². The molecule has 1 fully saturated rings. The Kier molecular flexibility index (Phi) is 6.89. The summed E-state index contributed by atoms with van der Waals surface area (Å²) in [5, 5.41) is 0. The van der Waals surface area contributed by atoms with Crippen LogP contribution < -0.4 is 5.73 Å². The Morgan fingerprint density at radius 2 is 1.80 bits per heavy atom. The maximum absolute atomic E-state index is 13.0. The van der Waals surface area contributed by atoms with Crippen molar-refractivity contribution in [1.29, 1.82) is 0 Å². The zero-order valence-corrected chi connectivity index (χ0v) is 13.8. The van der Waals surface area contributed by atoms with Crippen molar-refractivity contribution in [2.45, 2.75) is 58.4 Å². The van der Waals surface area contributed by atoms with Crippen molar-refractivity contribution in [2.75, 3.05) is 20.3 Å². The van der Waals surface area contributed by atoms with E-state index in [1.54, 1.807) is 0 Å². The van der Waals surface area contributed by atoms with Crippen LogP contribution in [0.4, 0.5) is 0 Å². The van der Waals surface area contributed by atoms with Crippen LogP contribution in [0.25, 0.3) is 0 Å². The number of amides is 1. The number of nitrogens with two attached hydrogens (primary N) is 1. The average molecular weight is 300 g/mol. The van der Waals surface area contributed by atoms with Gasteiger partial charge in [-0.25, -0.2) is 0 Å². The third-order valence-electron chi connectivity index (χ3n) is 4.29. The molecule has 4 nitrogen and oxygen atoms in total. The van der Waals surface area contributed by atoms with Crippen LogP contribution in [0.5, 0.6) is 0 Å². The Morgan fingerprint density at radius 3 is 2.20 bits per heavy atom. The molecule has 1 aliphatic rings. The predicted octanol–water partition coefficient (Wildman–Crippen LogP) is 2.50. The van der Waals surface area contributed by atoms with Gasteiger partial charge in [0.05, 0.1) is 10.4 Å². The van der Waals surface area contributed by atoms with Gasteiger partial charge in [-0.2, -0.15) is 0 Å². The first-order valence-electron chi connectivity index (χ1n) is 7.64. The van der Waals surface area contributed by atoms with Gasteiger partial charge in [-0.05, 0) is 25.7 Å². The zero-order valence-electron chi connectivity index (χ0n) is 13.0. The molecule has 1 amide bonds. The van der Waals surface area contributed by atoms with Crippen molar-refractivity contribution >= 4 is 23.1 Å². The third-order valence-corrected chi connectivity index (χ3v) is 4.68. The zero-order chi connectivity index (χ0) is 15.2. The van der Waals surface area contributed by atoms with Crippen molar-refractivity contribution in [3.63, 3.8) is 0 Å². The highest BCUT2D eigenvalue weighted by Crippen LogP contribution is 2.34. The second-order valence-electron chi connectivity index (χ2n) is 5.71. The van der Waals surface area contributed by atoms with E-state index in [0.717, 1.165) is 51.7 Å². The van der Waals surface area contributed by atoms with E-state index in [9.17, 15) is 4.79 Å². The van der Waals surface area contributed by atoms with Crippen LogP contribution in [0, 0.1) is 5.41 Å². The second kappa shape index (κ2) is 7.93. The summed E-state index contributed by atoms with van der Waals surface area (Å²) in [6.45, 7) is 5.60. The van der Waals surface area contributed by atoms with Crippen LogP contribution >= 0.6 is 12.2 Å². The molecular formula is C15H28N2O2S. The van der Waals surface area contributed by atoms with E-state index in [2.05, 4.69) is 13.8 Å². The van der Waals surface area contributed by atoms with E-state index in [1.807, 2.05) is 11.9 Å². The lowest BCUT2D eigenvalue weighted by Gasteiger charge is -2.39. The van der Waals surface area contributed by atoms with Crippen LogP contribution in [-0.4, -0.2) is 42.1 Å². The molecule has 2 N–H and O–H groups in total. The number of thiocarbonyl (C=S) groups is 1. The van der Waals surface area contributed by atoms with E-state index in [-0.39, 0.29) is 11.9 Å². The maximum Gasteiger partial charge on any atom is 0.235 e. The third kappa shape index (κ3) is 3.70. The molecule has 0 atom stereocenters. The Hall–Kier alpha value is -0.680. The molecule has 0 aromatic carbocycles. The van der Waals surface area contributed by atoms with Crippen LogP contribution in [0.1, 0.15) is 52.4 Å².